The minimum Gasteiger partial charge on any atom is -0.350 e. The zero-order chi connectivity index (χ0) is 16.8. The summed E-state index contributed by atoms with van der Waals surface area (Å²) in [6.07, 6.45) is 0.885. The van der Waals surface area contributed by atoms with Crippen LogP contribution in [0.25, 0.3) is 0 Å². The molecular weight excluding hydrogens is 310 g/mol. The Morgan fingerprint density at radius 2 is 2.09 bits per heavy atom. The van der Waals surface area contributed by atoms with E-state index in [-0.39, 0.29) is 17.9 Å². The van der Waals surface area contributed by atoms with Crippen LogP contribution < -0.4 is 10.6 Å². The SMILES string of the molecule is CCC(C)NC(=O)c1cccc(CNC(=O)c2scnc2C)c1. The van der Waals surface area contributed by atoms with Crippen LogP contribution in [0, 0.1) is 6.92 Å². The molecule has 0 aliphatic heterocycles. The van der Waals surface area contributed by atoms with Crippen molar-refractivity contribution in [3.05, 3.63) is 51.5 Å². The molecule has 2 N–H and O–H groups in total. The standard InChI is InChI=1S/C17H21N3O2S/c1-4-11(2)20-16(21)14-7-5-6-13(8-14)9-18-17(22)15-12(3)19-10-23-15/h5-8,10-11H,4,9H2,1-3H3,(H,18,22)(H,20,21). The van der Waals surface area contributed by atoms with Gasteiger partial charge in [-0.15, -0.1) is 11.3 Å². The number of aryl methyl sites for hydroxylation is 1. The Balaban J connectivity index is 1.99. The van der Waals surface area contributed by atoms with Gasteiger partial charge >= 0.3 is 0 Å². The summed E-state index contributed by atoms with van der Waals surface area (Å²) in [5.74, 6) is -0.231. The number of benzene rings is 1. The molecule has 0 radical (unpaired) electrons. The zero-order valence-corrected chi connectivity index (χ0v) is 14.4. The molecule has 0 aliphatic carbocycles. The molecule has 2 aromatic rings. The second-order valence-corrected chi connectivity index (χ2v) is 6.29. The van der Waals surface area contributed by atoms with E-state index in [4.69, 9.17) is 0 Å². The minimum atomic E-state index is -0.139. The third kappa shape index (κ3) is 4.63. The first-order valence-corrected chi connectivity index (χ1v) is 8.47. The van der Waals surface area contributed by atoms with E-state index in [1.807, 2.05) is 32.9 Å². The largest absolute Gasteiger partial charge is 0.350 e. The maximum atomic E-state index is 12.1. The van der Waals surface area contributed by atoms with E-state index < -0.39 is 0 Å². The van der Waals surface area contributed by atoms with Gasteiger partial charge in [0.25, 0.3) is 11.8 Å². The Morgan fingerprint density at radius 3 is 2.74 bits per heavy atom. The molecule has 6 heteroatoms. The highest BCUT2D eigenvalue weighted by atomic mass is 32.1. The van der Waals surface area contributed by atoms with Crippen LogP contribution in [0.3, 0.4) is 0 Å². The van der Waals surface area contributed by atoms with Gasteiger partial charge in [-0.2, -0.15) is 0 Å². The smallest absolute Gasteiger partial charge is 0.263 e. The van der Waals surface area contributed by atoms with E-state index >= 15 is 0 Å². The van der Waals surface area contributed by atoms with E-state index in [1.54, 1.807) is 17.6 Å². The Kier molecular flexibility index (Phi) is 5.87. The first kappa shape index (κ1) is 17.1. The number of hydrogen-bond acceptors (Lipinski definition) is 4. The molecule has 0 saturated heterocycles. The summed E-state index contributed by atoms with van der Waals surface area (Å²) in [6.45, 7) is 6.18. The molecule has 5 nitrogen and oxygen atoms in total. The number of nitrogens with zero attached hydrogens (tertiary/aromatic N) is 1. The lowest BCUT2D eigenvalue weighted by Gasteiger charge is -2.12. The summed E-state index contributed by atoms with van der Waals surface area (Å²) >= 11 is 1.32. The maximum Gasteiger partial charge on any atom is 0.263 e. The van der Waals surface area contributed by atoms with Crippen LogP contribution in [-0.2, 0) is 6.54 Å². The molecule has 1 atom stereocenters. The predicted octanol–water partition coefficient (Wildman–Crippen LogP) is 2.91. The lowest BCUT2D eigenvalue weighted by Crippen LogP contribution is -2.32. The second-order valence-electron chi connectivity index (χ2n) is 5.43. The maximum absolute atomic E-state index is 12.1. The number of thiazole rings is 1. The molecule has 1 unspecified atom stereocenters. The fourth-order valence-corrected chi connectivity index (χ4v) is 2.73. The van der Waals surface area contributed by atoms with Crippen molar-refractivity contribution in [2.75, 3.05) is 0 Å². The van der Waals surface area contributed by atoms with Crippen LogP contribution in [-0.4, -0.2) is 22.8 Å². The highest BCUT2D eigenvalue weighted by molar-refractivity contribution is 7.11. The normalized spacial score (nSPS) is 11.8. The van der Waals surface area contributed by atoms with Crippen molar-refractivity contribution in [2.45, 2.75) is 39.8 Å². The van der Waals surface area contributed by atoms with E-state index in [9.17, 15) is 9.59 Å². The Hall–Kier alpha value is -2.21. The van der Waals surface area contributed by atoms with E-state index in [0.29, 0.717) is 17.0 Å². The molecule has 1 aromatic heterocycles. The summed E-state index contributed by atoms with van der Waals surface area (Å²) in [5.41, 5.74) is 3.88. The van der Waals surface area contributed by atoms with Crippen molar-refractivity contribution in [3.63, 3.8) is 0 Å². The van der Waals surface area contributed by atoms with E-state index in [2.05, 4.69) is 15.6 Å². The molecular formula is C17H21N3O2S. The van der Waals surface area contributed by atoms with Crippen LogP contribution in [0.2, 0.25) is 0 Å². The Bertz CT molecular complexity index is 697. The third-order valence-electron chi connectivity index (χ3n) is 3.58. The van der Waals surface area contributed by atoms with Crippen LogP contribution >= 0.6 is 11.3 Å². The van der Waals surface area contributed by atoms with Crippen molar-refractivity contribution in [2.24, 2.45) is 0 Å². The number of rotatable bonds is 6. The summed E-state index contributed by atoms with van der Waals surface area (Å²) in [4.78, 5) is 28.9. The highest BCUT2D eigenvalue weighted by Crippen LogP contribution is 2.12. The summed E-state index contributed by atoms with van der Waals surface area (Å²) in [6, 6.07) is 7.43. The number of nitrogens with one attached hydrogen (secondary N) is 2. The highest BCUT2D eigenvalue weighted by Gasteiger charge is 2.12. The van der Waals surface area contributed by atoms with Crippen molar-refractivity contribution >= 4 is 23.2 Å². The molecule has 0 bridgehead atoms. The summed E-state index contributed by atoms with van der Waals surface area (Å²) < 4.78 is 0. The number of amides is 2. The van der Waals surface area contributed by atoms with Gasteiger partial charge in [0.05, 0.1) is 11.2 Å². The Morgan fingerprint density at radius 1 is 1.30 bits per heavy atom. The van der Waals surface area contributed by atoms with Crippen LogP contribution in [0.4, 0.5) is 0 Å². The van der Waals surface area contributed by atoms with Gasteiger partial charge in [0.15, 0.2) is 0 Å². The average Bonchev–Trinajstić information content (AvgIpc) is 2.98. The minimum absolute atomic E-state index is 0.0918. The van der Waals surface area contributed by atoms with Gasteiger partial charge in [-0.05, 0) is 38.0 Å². The number of aromatic nitrogens is 1. The van der Waals surface area contributed by atoms with Crippen LogP contribution in [0.5, 0.6) is 0 Å². The molecule has 1 heterocycles. The van der Waals surface area contributed by atoms with Crippen LogP contribution in [0.15, 0.2) is 29.8 Å². The van der Waals surface area contributed by atoms with Gasteiger partial charge in [0, 0.05) is 18.2 Å². The molecule has 23 heavy (non-hydrogen) atoms. The van der Waals surface area contributed by atoms with Gasteiger partial charge in [0.1, 0.15) is 4.88 Å². The summed E-state index contributed by atoms with van der Waals surface area (Å²) in [5, 5.41) is 5.79. The zero-order valence-electron chi connectivity index (χ0n) is 13.6. The van der Waals surface area contributed by atoms with Crippen LogP contribution in [0.1, 0.15) is 51.6 Å². The second kappa shape index (κ2) is 7.87. The number of carbonyl (C=O) groups excluding carboxylic acids is 2. The van der Waals surface area contributed by atoms with E-state index in [0.717, 1.165) is 17.7 Å². The number of carbonyl (C=O) groups is 2. The third-order valence-corrected chi connectivity index (χ3v) is 4.51. The molecule has 2 amide bonds. The fraction of sp³-hybridized carbons (Fsp3) is 0.353. The van der Waals surface area contributed by atoms with Crippen molar-refractivity contribution in [1.82, 2.24) is 15.6 Å². The molecule has 2 rings (SSSR count). The predicted molar refractivity (Wildman–Crippen MR) is 91.7 cm³/mol. The molecule has 1 aromatic carbocycles. The molecule has 0 aliphatic rings. The van der Waals surface area contributed by atoms with Crippen molar-refractivity contribution < 1.29 is 9.59 Å². The van der Waals surface area contributed by atoms with Gasteiger partial charge in [0.2, 0.25) is 0 Å². The lowest BCUT2D eigenvalue weighted by atomic mass is 10.1. The quantitative estimate of drug-likeness (QED) is 0.855. The van der Waals surface area contributed by atoms with Gasteiger partial charge in [-0.25, -0.2) is 4.98 Å². The van der Waals surface area contributed by atoms with Crippen molar-refractivity contribution in [1.29, 1.82) is 0 Å². The Labute approximate surface area is 140 Å². The molecule has 0 saturated carbocycles. The first-order valence-electron chi connectivity index (χ1n) is 7.59. The monoisotopic (exact) mass is 331 g/mol. The summed E-state index contributed by atoms with van der Waals surface area (Å²) in [7, 11) is 0. The number of hydrogen-bond donors (Lipinski definition) is 2. The van der Waals surface area contributed by atoms with E-state index in [1.165, 1.54) is 11.3 Å². The topological polar surface area (TPSA) is 71.1 Å². The first-order chi connectivity index (χ1) is 11.0. The average molecular weight is 331 g/mol. The van der Waals surface area contributed by atoms with Gasteiger partial charge in [-0.3, -0.25) is 9.59 Å². The molecule has 0 spiro atoms. The van der Waals surface area contributed by atoms with Gasteiger partial charge in [-0.1, -0.05) is 19.1 Å². The lowest BCUT2D eigenvalue weighted by molar-refractivity contribution is 0.0937. The van der Waals surface area contributed by atoms with Crippen molar-refractivity contribution in [3.8, 4) is 0 Å². The fourth-order valence-electron chi connectivity index (χ4n) is 2.01. The van der Waals surface area contributed by atoms with Gasteiger partial charge < -0.3 is 10.6 Å². The molecule has 122 valence electrons. The molecule has 0 fully saturated rings.